The molecule has 5 heterocycles. The number of nitrogens with zero attached hydrogens (tertiary/aromatic N) is 5. The van der Waals surface area contributed by atoms with E-state index in [4.69, 9.17) is 10.5 Å². The Kier molecular flexibility index (Phi) is 7.53. The largest absolute Gasteiger partial charge is 0.383 e. The number of H-pyrrole nitrogens is 1. The number of benzene rings is 2. The number of dihydropyridines is 1. The van der Waals surface area contributed by atoms with Crippen molar-refractivity contribution in [1.29, 1.82) is 0 Å². The first-order valence-corrected chi connectivity index (χ1v) is 17.7. The maximum Gasteiger partial charge on any atom is 0.268 e. The molecule has 2 aliphatic heterocycles. The highest BCUT2D eigenvalue weighted by atomic mass is 32.2. The van der Waals surface area contributed by atoms with E-state index in [9.17, 15) is 13.2 Å². The van der Waals surface area contributed by atoms with Gasteiger partial charge < -0.3 is 25.7 Å². The van der Waals surface area contributed by atoms with Gasteiger partial charge in [-0.1, -0.05) is 23.8 Å². The predicted molar refractivity (Wildman–Crippen MR) is 187 cm³/mol. The fraction of sp³-hybridized carbons (Fsp3) is 0.250. The first-order chi connectivity index (χ1) is 23.7. The topological polar surface area (TPSA) is 153 Å². The molecule has 0 spiro atoms. The minimum absolute atomic E-state index is 0.0120. The van der Waals surface area contributed by atoms with Crippen LogP contribution in [0.4, 0.5) is 5.82 Å². The highest BCUT2D eigenvalue weighted by Gasteiger charge is 2.33. The van der Waals surface area contributed by atoms with Crippen LogP contribution in [0.5, 0.6) is 0 Å². The monoisotopic (exact) mass is 676 g/mol. The fourth-order valence-corrected chi connectivity index (χ4v) is 8.27. The first kappa shape index (κ1) is 30.9. The molecule has 49 heavy (non-hydrogen) atoms. The van der Waals surface area contributed by atoms with E-state index < -0.39 is 15.8 Å². The molecule has 0 atom stereocenters. The molecule has 0 bridgehead atoms. The van der Waals surface area contributed by atoms with Crippen molar-refractivity contribution in [2.75, 3.05) is 38.6 Å². The van der Waals surface area contributed by atoms with Crippen LogP contribution in [0.25, 0.3) is 22.8 Å². The lowest BCUT2D eigenvalue weighted by Gasteiger charge is -2.33. The Bertz CT molecular complexity index is 2330. The van der Waals surface area contributed by atoms with Gasteiger partial charge in [-0.3, -0.25) is 4.79 Å². The van der Waals surface area contributed by atoms with Gasteiger partial charge in [0.2, 0.25) is 5.78 Å². The van der Waals surface area contributed by atoms with Gasteiger partial charge in [-0.25, -0.2) is 22.1 Å². The predicted octanol–water partition coefficient (Wildman–Crippen LogP) is 4.25. The number of aromatic nitrogens is 5. The molecule has 0 amide bonds. The number of rotatable bonds is 7. The van der Waals surface area contributed by atoms with Crippen molar-refractivity contribution in [1.82, 2.24) is 33.9 Å². The van der Waals surface area contributed by atoms with Crippen molar-refractivity contribution in [2.45, 2.75) is 31.6 Å². The molecule has 1 aliphatic carbocycles. The summed E-state index contributed by atoms with van der Waals surface area (Å²) >= 11 is 0. The number of fused-ring (bicyclic) bond motifs is 2. The van der Waals surface area contributed by atoms with E-state index in [1.165, 1.54) is 14.9 Å². The number of anilines is 1. The van der Waals surface area contributed by atoms with Crippen molar-refractivity contribution >= 4 is 38.7 Å². The average Bonchev–Trinajstić information content (AvgIpc) is 3.82. The zero-order chi connectivity index (χ0) is 33.9. The third-order valence-corrected chi connectivity index (χ3v) is 11.1. The van der Waals surface area contributed by atoms with Gasteiger partial charge in [0.25, 0.3) is 10.0 Å². The van der Waals surface area contributed by atoms with Crippen LogP contribution in [0.1, 0.15) is 45.1 Å². The lowest BCUT2D eigenvalue weighted by molar-refractivity contribution is 0.0504. The molecule has 1 fully saturated rings. The Morgan fingerprint density at radius 3 is 2.53 bits per heavy atom. The number of carbonyl (C=O) groups excluding carboxylic acids is 1. The molecule has 0 saturated carbocycles. The van der Waals surface area contributed by atoms with E-state index in [1.54, 1.807) is 30.3 Å². The van der Waals surface area contributed by atoms with E-state index in [-0.39, 0.29) is 22.0 Å². The average molecular weight is 677 g/mol. The number of aromatic amines is 1. The second-order valence-corrected chi connectivity index (χ2v) is 14.4. The maximum atomic E-state index is 14.4. The molecule has 5 aromatic rings. The summed E-state index contributed by atoms with van der Waals surface area (Å²) in [7, 11) is -4.19. The van der Waals surface area contributed by atoms with E-state index >= 15 is 0 Å². The number of allylic oxidation sites excluding steroid dienone is 2. The number of hydrogen-bond donors (Lipinski definition) is 3. The molecule has 250 valence electrons. The molecule has 8 rings (SSSR count). The summed E-state index contributed by atoms with van der Waals surface area (Å²) in [4.78, 5) is 24.4. The smallest absolute Gasteiger partial charge is 0.268 e. The van der Waals surface area contributed by atoms with Gasteiger partial charge in [0.15, 0.2) is 0 Å². The number of carbonyl (C=O) groups is 1. The Balaban J connectivity index is 1.21. The number of imidazole rings is 1. The number of ketones is 1. The SMILES string of the molecule is Cc1ccc(S(=O)(=O)n2c(C(=O)c3cnn(-c4ccc5[nH]c(C)nc5c4)c3N)cc3c2C=C(C2=CC=C(N4CCOCC4)NC2)CC3)cc1. The third kappa shape index (κ3) is 5.44. The Hall–Kier alpha value is -5.40. The molecular formula is C36H36N8O4S. The van der Waals surface area contributed by atoms with Crippen molar-refractivity contribution in [3.63, 3.8) is 0 Å². The van der Waals surface area contributed by atoms with E-state index in [1.807, 2.05) is 38.1 Å². The Labute approximate surface area is 283 Å². The first-order valence-electron chi connectivity index (χ1n) is 16.3. The van der Waals surface area contributed by atoms with Gasteiger partial charge >= 0.3 is 0 Å². The number of nitrogen functional groups attached to an aromatic ring is 1. The van der Waals surface area contributed by atoms with Crippen LogP contribution >= 0.6 is 0 Å². The number of ether oxygens (including phenoxy) is 1. The summed E-state index contributed by atoms with van der Waals surface area (Å²) in [5.41, 5.74) is 13.2. The molecule has 0 radical (unpaired) electrons. The van der Waals surface area contributed by atoms with Crippen LogP contribution in [0.2, 0.25) is 0 Å². The second kappa shape index (κ2) is 11.9. The lowest BCUT2D eigenvalue weighted by atomic mass is 9.91. The van der Waals surface area contributed by atoms with Crippen molar-refractivity contribution in [3.05, 3.63) is 118 Å². The molecular weight excluding hydrogens is 641 g/mol. The van der Waals surface area contributed by atoms with Gasteiger partial charge in [0.1, 0.15) is 23.2 Å². The second-order valence-electron chi connectivity index (χ2n) is 12.6. The van der Waals surface area contributed by atoms with Gasteiger partial charge in [0.05, 0.1) is 52.3 Å². The van der Waals surface area contributed by atoms with Gasteiger partial charge in [-0.05, 0) is 91.9 Å². The van der Waals surface area contributed by atoms with Crippen molar-refractivity contribution in [2.24, 2.45) is 0 Å². The summed E-state index contributed by atoms with van der Waals surface area (Å²) in [5, 5.41) is 7.96. The van der Waals surface area contributed by atoms with Crippen LogP contribution in [0.15, 0.2) is 88.7 Å². The Morgan fingerprint density at radius 1 is 0.980 bits per heavy atom. The van der Waals surface area contributed by atoms with Crippen molar-refractivity contribution < 1.29 is 17.9 Å². The number of nitrogens with one attached hydrogen (secondary N) is 2. The quantitative estimate of drug-likeness (QED) is 0.215. The zero-order valence-corrected chi connectivity index (χ0v) is 28.0. The minimum Gasteiger partial charge on any atom is -0.383 e. The zero-order valence-electron chi connectivity index (χ0n) is 27.2. The summed E-state index contributed by atoms with van der Waals surface area (Å²) in [6, 6.07) is 13.9. The van der Waals surface area contributed by atoms with Crippen LogP contribution in [0.3, 0.4) is 0 Å². The molecule has 12 nitrogen and oxygen atoms in total. The highest BCUT2D eigenvalue weighted by molar-refractivity contribution is 7.90. The van der Waals surface area contributed by atoms with Crippen LogP contribution in [-0.2, 0) is 21.2 Å². The van der Waals surface area contributed by atoms with E-state index in [2.05, 4.69) is 37.4 Å². The minimum atomic E-state index is -4.19. The summed E-state index contributed by atoms with van der Waals surface area (Å²) in [6.07, 6.45) is 8.76. The molecule has 3 aromatic heterocycles. The molecule has 0 unspecified atom stereocenters. The maximum absolute atomic E-state index is 14.4. The van der Waals surface area contributed by atoms with Crippen LogP contribution in [0, 0.1) is 13.8 Å². The molecule has 1 saturated heterocycles. The Morgan fingerprint density at radius 2 is 1.78 bits per heavy atom. The normalized spacial score (nSPS) is 16.5. The molecule has 3 aliphatic rings. The molecule has 4 N–H and O–H groups in total. The summed E-state index contributed by atoms with van der Waals surface area (Å²) in [5.74, 6) is 1.41. The number of nitrogens with two attached hydrogens (primary N) is 1. The van der Waals surface area contributed by atoms with Crippen LogP contribution < -0.4 is 11.1 Å². The van der Waals surface area contributed by atoms with Gasteiger partial charge in [0, 0.05) is 19.6 Å². The van der Waals surface area contributed by atoms with Crippen molar-refractivity contribution in [3.8, 4) is 5.69 Å². The van der Waals surface area contributed by atoms with E-state index in [0.717, 1.165) is 58.0 Å². The number of hydrogen-bond acceptors (Lipinski definition) is 9. The third-order valence-electron chi connectivity index (χ3n) is 9.39. The van der Waals surface area contributed by atoms with Gasteiger partial charge in [-0.2, -0.15) is 5.10 Å². The number of aryl methyl sites for hydroxylation is 3. The summed E-state index contributed by atoms with van der Waals surface area (Å²) < 4.78 is 37.0. The highest BCUT2D eigenvalue weighted by Crippen LogP contribution is 2.35. The number of morpholine rings is 1. The summed E-state index contributed by atoms with van der Waals surface area (Å²) in [6.45, 7) is 7.44. The molecule has 2 aromatic carbocycles. The molecule has 13 heteroatoms. The fourth-order valence-electron chi connectivity index (χ4n) is 6.76. The lowest BCUT2D eigenvalue weighted by Crippen LogP contribution is -2.41. The van der Waals surface area contributed by atoms with Gasteiger partial charge in [-0.15, -0.1) is 0 Å². The van der Waals surface area contributed by atoms with E-state index in [0.29, 0.717) is 44.0 Å². The standard InChI is InChI=1S/C36H36N8O4S/c1-22-3-9-28(10-4-22)49(46,47)44-32-17-24(26-7-12-34(38-20-26)42-13-15-48-16-14-42)5-6-25(32)18-33(44)35(45)29-21-39-43(36(29)37)27-8-11-30-31(19-27)41-23(2)40-30/h3-4,7-12,17-19,21,38H,5-6,13-16,20,37H2,1-2H3,(H,40,41). The van der Waals surface area contributed by atoms with Crippen LogP contribution in [-0.4, -0.2) is 75.7 Å².